The van der Waals surface area contributed by atoms with E-state index in [0.29, 0.717) is 12.4 Å². The van der Waals surface area contributed by atoms with Crippen molar-refractivity contribution in [3.8, 4) is 5.75 Å². The molecule has 0 bridgehead atoms. The summed E-state index contributed by atoms with van der Waals surface area (Å²) in [6.45, 7) is 5.35. The average Bonchev–Trinajstić information content (AvgIpc) is 2.46. The van der Waals surface area contributed by atoms with Gasteiger partial charge in [-0.2, -0.15) is 0 Å². The van der Waals surface area contributed by atoms with Crippen molar-refractivity contribution in [1.29, 1.82) is 0 Å². The minimum Gasteiger partial charge on any atom is -0.483 e. The number of ether oxygens (including phenoxy) is 1. The monoisotopic (exact) mass is 272 g/mol. The standard InChI is InChI=1S/C16H20N2O2/c1-3-18-12(2)9-15(19)16(14(18)10-17)20-11-13-7-5-4-6-8-13/h4-9H,3,10-11,17H2,1-2H3. The number of rotatable bonds is 5. The van der Waals surface area contributed by atoms with Crippen LogP contribution >= 0.6 is 0 Å². The minimum atomic E-state index is -0.108. The van der Waals surface area contributed by atoms with Gasteiger partial charge in [0.15, 0.2) is 5.75 Å². The number of aromatic nitrogens is 1. The van der Waals surface area contributed by atoms with Crippen molar-refractivity contribution in [3.05, 3.63) is 63.6 Å². The third-order valence-electron chi connectivity index (χ3n) is 3.31. The van der Waals surface area contributed by atoms with Gasteiger partial charge in [0.25, 0.3) is 0 Å². The van der Waals surface area contributed by atoms with E-state index in [1.54, 1.807) is 6.07 Å². The molecule has 0 radical (unpaired) electrons. The van der Waals surface area contributed by atoms with Gasteiger partial charge in [0, 0.05) is 24.8 Å². The number of hydrogen-bond acceptors (Lipinski definition) is 3. The molecule has 1 aromatic heterocycles. The third kappa shape index (κ3) is 2.91. The minimum absolute atomic E-state index is 0.108. The van der Waals surface area contributed by atoms with E-state index in [2.05, 4.69) is 0 Å². The number of nitrogens with zero attached hydrogens (tertiary/aromatic N) is 1. The van der Waals surface area contributed by atoms with Crippen LogP contribution < -0.4 is 15.9 Å². The lowest BCUT2D eigenvalue weighted by atomic mass is 10.2. The summed E-state index contributed by atoms with van der Waals surface area (Å²) in [4.78, 5) is 12.1. The first-order valence-electron chi connectivity index (χ1n) is 6.77. The lowest BCUT2D eigenvalue weighted by Gasteiger charge is -2.18. The normalized spacial score (nSPS) is 10.6. The Morgan fingerprint density at radius 1 is 1.25 bits per heavy atom. The second-order valence-corrected chi connectivity index (χ2v) is 4.65. The van der Waals surface area contributed by atoms with Crippen molar-refractivity contribution in [2.45, 2.75) is 33.5 Å². The van der Waals surface area contributed by atoms with Crippen LogP contribution in [0, 0.1) is 6.92 Å². The Hall–Kier alpha value is -2.07. The Morgan fingerprint density at radius 3 is 2.55 bits per heavy atom. The quantitative estimate of drug-likeness (QED) is 0.908. The number of pyridine rings is 1. The summed E-state index contributed by atoms with van der Waals surface area (Å²) < 4.78 is 7.74. The summed E-state index contributed by atoms with van der Waals surface area (Å²) in [6.07, 6.45) is 0. The molecule has 0 unspecified atom stereocenters. The summed E-state index contributed by atoms with van der Waals surface area (Å²) in [5, 5.41) is 0. The van der Waals surface area contributed by atoms with Crippen LogP contribution in [0.5, 0.6) is 5.75 Å². The summed E-state index contributed by atoms with van der Waals surface area (Å²) in [7, 11) is 0. The van der Waals surface area contributed by atoms with Crippen LogP contribution in [0.3, 0.4) is 0 Å². The highest BCUT2D eigenvalue weighted by Gasteiger charge is 2.13. The number of nitrogens with two attached hydrogens (primary N) is 1. The van der Waals surface area contributed by atoms with E-state index in [0.717, 1.165) is 23.5 Å². The molecule has 0 atom stereocenters. The zero-order chi connectivity index (χ0) is 14.5. The van der Waals surface area contributed by atoms with Crippen LogP contribution in [0.4, 0.5) is 0 Å². The molecule has 0 spiro atoms. The predicted molar refractivity (Wildman–Crippen MR) is 79.8 cm³/mol. The molecular weight excluding hydrogens is 252 g/mol. The number of benzene rings is 1. The molecule has 1 aromatic carbocycles. The molecule has 2 N–H and O–H groups in total. The maximum absolute atomic E-state index is 12.1. The van der Waals surface area contributed by atoms with Gasteiger partial charge in [-0.05, 0) is 19.4 Å². The molecule has 0 amide bonds. The topological polar surface area (TPSA) is 57.2 Å². The fourth-order valence-electron chi connectivity index (χ4n) is 2.34. The van der Waals surface area contributed by atoms with Crippen LogP contribution in [0.25, 0.3) is 0 Å². The highest BCUT2D eigenvalue weighted by Crippen LogP contribution is 2.17. The van der Waals surface area contributed by atoms with E-state index in [-0.39, 0.29) is 12.0 Å². The molecule has 0 saturated heterocycles. The van der Waals surface area contributed by atoms with Gasteiger partial charge in [0.05, 0.1) is 5.69 Å². The van der Waals surface area contributed by atoms with E-state index in [9.17, 15) is 4.79 Å². The van der Waals surface area contributed by atoms with Crippen LogP contribution in [0.2, 0.25) is 0 Å². The molecule has 4 nitrogen and oxygen atoms in total. The van der Waals surface area contributed by atoms with E-state index in [1.165, 1.54) is 0 Å². The molecule has 1 heterocycles. The van der Waals surface area contributed by atoms with E-state index < -0.39 is 0 Å². The second kappa shape index (κ2) is 6.39. The third-order valence-corrected chi connectivity index (χ3v) is 3.31. The molecule has 0 aliphatic carbocycles. The van der Waals surface area contributed by atoms with E-state index >= 15 is 0 Å². The highest BCUT2D eigenvalue weighted by atomic mass is 16.5. The molecule has 4 heteroatoms. The van der Waals surface area contributed by atoms with Crippen molar-refractivity contribution in [2.24, 2.45) is 5.73 Å². The molecule has 2 rings (SSSR count). The van der Waals surface area contributed by atoms with Crippen molar-refractivity contribution in [1.82, 2.24) is 4.57 Å². The lowest BCUT2D eigenvalue weighted by molar-refractivity contribution is 0.295. The fraction of sp³-hybridized carbons (Fsp3) is 0.312. The molecule has 0 fully saturated rings. The van der Waals surface area contributed by atoms with Gasteiger partial charge in [-0.15, -0.1) is 0 Å². The van der Waals surface area contributed by atoms with Gasteiger partial charge in [0.1, 0.15) is 6.61 Å². The number of hydrogen-bond donors (Lipinski definition) is 1. The summed E-state index contributed by atoms with van der Waals surface area (Å²) in [6, 6.07) is 11.4. The zero-order valence-electron chi connectivity index (χ0n) is 11.9. The highest BCUT2D eigenvalue weighted by molar-refractivity contribution is 5.31. The van der Waals surface area contributed by atoms with Gasteiger partial charge in [0.2, 0.25) is 5.43 Å². The number of aryl methyl sites for hydroxylation is 1. The Kier molecular flexibility index (Phi) is 4.58. The molecule has 20 heavy (non-hydrogen) atoms. The van der Waals surface area contributed by atoms with Crippen LogP contribution in [0.15, 0.2) is 41.2 Å². The van der Waals surface area contributed by atoms with Crippen molar-refractivity contribution in [3.63, 3.8) is 0 Å². The van der Waals surface area contributed by atoms with Crippen LogP contribution in [-0.2, 0) is 19.7 Å². The van der Waals surface area contributed by atoms with Crippen molar-refractivity contribution in [2.75, 3.05) is 0 Å². The Morgan fingerprint density at radius 2 is 1.95 bits per heavy atom. The summed E-state index contributed by atoms with van der Waals surface area (Å²) in [5.74, 6) is 0.365. The molecule has 106 valence electrons. The molecule has 0 saturated carbocycles. The smallest absolute Gasteiger partial charge is 0.223 e. The zero-order valence-corrected chi connectivity index (χ0v) is 11.9. The van der Waals surface area contributed by atoms with Crippen molar-refractivity contribution >= 4 is 0 Å². The van der Waals surface area contributed by atoms with Gasteiger partial charge in [-0.25, -0.2) is 0 Å². The first-order valence-corrected chi connectivity index (χ1v) is 6.77. The maximum Gasteiger partial charge on any atom is 0.223 e. The van der Waals surface area contributed by atoms with Gasteiger partial charge in [-0.3, -0.25) is 4.79 Å². The first kappa shape index (κ1) is 14.3. The average molecular weight is 272 g/mol. The molecular formula is C16H20N2O2. The molecule has 0 aliphatic heterocycles. The SMILES string of the molecule is CCn1c(C)cc(=O)c(OCc2ccccc2)c1CN. The van der Waals surface area contributed by atoms with Crippen LogP contribution in [0.1, 0.15) is 23.9 Å². The first-order chi connectivity index (χ1) is 9.67. The summed E-state index contributed by atoms with van der Waals surface area (Å²) >= 11 is 0. The molecule has 0 aliphatic rings. The second-order valence-electron chi connectivity index (χ2n) is 4.65. The van der Waals surface area contributed by atoms with Crippen LogP contribution in [-0.4, -0.2) is 4.57 Å². The maximum atomic E-state index is 12.1. The van der Waals surface area contributed by atoms with Gasteiger partial charge >= 0.3 is 0 Å². The predicted octanol–water partition coefficient (Wildman–Crippen LogP) is 2.21. The lowest BCUT2D eigenvalue weighted by Crippen LogP contribution is -2.21. The summed E-state index contributed by atoms with van der Waals surface area (Å²) in [5.41, 5.74) is 8.38. The largest absolute Gasteiger partial charge is 0.483 e. The van der Waals surface area contributed by atoms with Gasteiger partial charge < -0.3 is 15.0 Å². The fourth-order valence-corrected chi connectivity index (χ4v) is 2.34. The van der Waals surface area contributed by atoms with E-state index in [1.807, 2.05) is 48.7 Å². The molecule has 2 aromatic rings. The Balaban J connectivity index is 2.34. The van der Waals surface area contributed by atoms with E-state index in [4.69, 9.17) is 10.5 Å². The Labute approximate surface area is 118 Å². The van der Waals surface area contributed by atoms with Crippen molar-refractivity contribution < 1.29 is 4.74 Å². The Bertz CT molecular complexity index is 633. The van der Waals surface area contributed by atoms with Gasteiger partial charge in [-0.1, -0.05) is 30.3 Å².